The molecule has 4 rings (SSSR count). The van der Waals surface area contributed by atoms with Crippen molar-refractivity contribution in [1.29, 1.82) is 0 Å². The molecule has 0 fully saturated rings. The standard InChI is InChI=1S/C24H25N3O5S2/c1-4-27-22-20(31-5-2)9-6-10-21(22)33-24(27)25-23(28)17-11-13-19(14-12-17)34(29,30)26(3)16-18-8-7-15-32-18/h6-15H,4-5,16H2,1-3H3. The molecule has 0 aliphatic rings. The average molecular weight is 500 g/mol. The number of carbonyl (C=O) groups excluding carboxylic acids is 1. The first-order valence-electron chi connectivity index (χ1n) is 10.8. The smallest absolute Gasteiger partial charge is 0.279 e. The second-order valence-corrected chi connectivity index (χ2v) is 10.5. The molecule has 0 atom stereocenters. The summed E-state index contributed by atoms with van der Waals surface area (Å²) in [7, 11) is -2.26. The third-order valence-electron chi connectivity index (χ3n) is 5.25. The van der Waals surface area contributed by atoms with Crippen LogP contribution in [0.25, 0.3) is 10.2 Å². The van der Waals surface area contributed by atoms with E-state index in [9.17, 15) is 13.2 Å². The van der Waals surface area contributed by atoms with Gasteiger partial charge in [0.2, 0.25) is 10.0 Å². The van der Waals surface area contributed by atoms with Crippen LogP contribution in [0.15, 0.2) is 75.2 Å². The van der Waals surface area contributed by atoms with Gasteiger partial charge in [-0.05, 0) is 62.4 Å². The van der Waals surface area contributed by atoms with Crippen LogP contribution in [0.4, 0.5) is 0 Å². The summed E-state index contributed by atoms with van der Waals surface area (Å²) in [5.74, 6) is 0.844. The van der Waals surface area contributed by atoms with E-state index in [0.717, 1.165) is 16.0 Å². The van der Waals surface area contributed by atoms with Gasteiger partial charge in [-0.15, -0.1) is 0 Å². The highest BCUT2D eigenvalue weighted by Gasteiger charge is 2.22. The number of fused-ring (bicyclic) bond motifs is 1. The van der Waals surface area contributed by atoms with Crippen molar-refractivity contribution in [1.82, 2.24) is 8.87 Å². The molecule has 1 amide bonds. The Kier molecular flexibility index (Phi) is 7.01. The monoisotopic (exact) mass is 499 g/mol. The SMILES string of the molecule is CCOc1cccc2sc(=NC(=O)c3ccc(S(=O)(=O)N(C)Cc4ccco4)cc3)n(CC)c12. The lowest BCUT2D eigenvalue weighted by atomic mass is 10.2. The first-order valence-corrected chi connectivity index (χ1v) is 13.0. The van der Waals surface area contributed by atoms with E-state index in [1.165, 1.54) is 53.2 Å². The summed E-state index contributed by atoms with van der Waals surface area (Å²) in [6, 6.07) is 15.0. The molecule has 2 aromatic heterocycles. The van der Waals surface area contributed by atoms with Gasteiger partial charge in [-0.2, -0.15) is 9.30 Å². The van der Waals surface area contributed by atoms with Crippen LogP contribution < -0.4 is 9.54 Å². The summed E-state index contributed by atoms with van der Waals surface area (Å²) >= 11 is 1.41. The minimum Gasteiger partial charge on any atom is -0.492 e. The number of hydrogen-bond donors (Lipinski definition) is 0. The Morgan fingerprint density at radius 3 is 2.53 bits per heavy atom. The Morgan fingerprint density at radius 2 is 1.88 bits per heavy atom. The van der Waals surface area contributed by atoms with Gasteiger partial charge in [0.1, 0.15) is 17.0 Å². The number of sulfonamides is 1. The zero-order valence-corrected chi connectivity index (χ0v) is 20.7. The van der Waals surface area contributed by atoms with E-state index in [1.54, 1.807) is 12.1 Å². The quantitative estimate of drug-likeness (QED) is 0.361. The molecule has 178 valence electrons. The van der Waals surface area contributed by atoms with Crippen molar-refractivity contribution in [3.05, 3.63) is 77.0 Å². The van der Waals surface area contributed by atoms with E-state index in [4.69, 9.17) is 9.15 Å². The Balaban J connectivity index is 1.62. The van der Waals surface area contributed by atoms with Crippen LogP contribution in [0, 0.1) is 0 Å². The number of thiazole rings is 1. The normalized spacial score (nSPS) is 12.5. The van der Waals surface area contributed by atoms with E-state index >= 15 is 0 Å². The highest BCUT2D eigenvalue weighted by molar-refractivity contribution is 7.89. The molecule has 2 aromatic carbocycles. The maximum Gasteiger partial charge on any atom is 0.279 e. The molecule has 0 aliphatic heterocycles. The molecule has 0 bridgehead atoms. The Labute approximate surface area is 201 Å². The van der Waals surface area contributed by atoms with E-state index in [-0.39, 0.29) is 11.4 Å². The van der Waals surface area contributed by atoms with Gasteiger partial charge in [-0.3, -0.25) is 4.79 Å². The van der Waals surface area contributed by atoms with Crippen LogP contribution >= 0.6 is 11.3 Å². The molecule has 34 heavy (non-hydrogen) atoms. The van der Waals surface area contributed by atoms with Gasteiger partial charge in [-0.25, -0.2) is 8.42 Å². The van der Waals surface area contributed by atoms with Crippen molar-refractivity contribution in [2.75, 3.05) is 13.7 Å². The molecule has 0 unspecified atom stereocenters. The first-order chi connectivity index (χ1) is 16.3. The number of nitrogens with zero attached hydrogens (tertiary/aromatic N) is 3. The molecule has 8 nitrogen and oxygen atoms in total. The fraction of sp³-hybridized carbons (Fsp3) is 0.250. The second-order valence-electron chi connectivity index (χ2n) is 7.45. The maximum atomic E-state index is 12.9. The predicted molar refractivity (Wildman–Crippen MR) is 130 cm³/mol. The van der Waals surface area contributed by atoms with E-state index in [2.05, 4.69) is 4.99 Å². The van der Waals surface area contributed by atoms with Crippen molar-refractivity contribution in [2.45, 2.75) is 31.8 Å². The molecule has 4 aromatic rings. The maximum absolute atomic E-state index is 12.9. The van der Waals surface area contributed by atoms with E-state index in [1.807, 2.05) is 36.6 Å². The highest BCUT2D eigenvalue weighted by atomic mass is 32.2. The largest absolute Gasteiger partial charge is 0.492 e. The predicted octanol–water partition coefficient (Wildman–Crippen LogP) is 4.28. The second kappa shape index (κ2) is 9.96. The lowest BCUT2D eigenvalue weighted by Crippen LogP contribution is -2.26. The number of aromatic nitrogens is 1. The van der Waals surface area contributed by atoms with Gasteiger partial charge in [-0.1, -0.05) is 17.4 Å². The molecule has 2 heterocycles. The summed E-state index contributed by atoms with van der Waals surface area (Å²) in [6.07, 6.45) is 1.50. The molecular weight excluding hydrogens is 474 g/mol. The lowest BCUT2D eigenvalue weighted by Gasteiger charge is -2.16. The number of carbonyl (C=O) groups is 1. The van der Waals surface area contributed by atoms with Gasteiger partial charge in [0.05, 0.1) is 29.0 Å². The summed E-state index contributed by atoms with van der Waals surface area (Å²) in [6.45, 7) is 5.18. The molecule has 0 saturated carbocycles. The number of rotatable bonds is 8. The summed E-state index contributed by atoms with van der Waals surface area (Å²) in [5.41, 5.74) is 1.21. The topological polar surface area (TPSA) is 94.1 Å². The van der Waals surface area contributed by atoms with Crippen molar-refractivity contribution in [3.63, 3.8) is 0 Å². The number of aryl methyl sites for hydroxylation is 1. The molecule has 0 saturated heterocycles. The van der Waals surface area contributed by atoms with Crippen molar-refractivity contribution >= 4 is 37.5 Å². The zero-order valence-electron chi connectivity index (χ0n) is 19.1. The van der Waals surface area contributed by atoms with Crippen LogP contribution in [-0.4, -0.2) is 36.9 Å². The summed E-state index contributed by atoms with van der Waals surface area (Å²) in [5, 5.41) is 0. The average Bonchev–Trinajstić information content (AvgIpc) is 3.47. The molecular formula is C24H25N3O5S2. The van der Waals surface area contributed by atoms with Crippen LogP contribution in [-0.2, 0) is 23.1 Å². The lowest BCUT2D eigenvalue weighted by molar-refractivity contribution is 0.0997. The van der Waals surface area contributed by atoms with Crippen LogP contribution in [0.5, 0.6) is 5.75 Å². The molecule has 0 aliphatic carbocycles. The van der Waals surface area contributed by atoms with Crippen LogP contribution in [0.1, 0.15) is 30.0 Å². The molecule has 0 spiro atoms. The van der Waals surface area contributed by atoms with Gasteiger partial charge in [0, 0.05) is 19.2 Å². The zero-order chi connectivity index (χ0) is 24.3. The number of hydrogen-bond acceptors (Lipinski definition) is 6. The van der Waals surface area contributed by atoms with Crippen molar-refractivity contribution < 1.29 is 22.4 Å². The van der Waals surface area contributed by atoms with Gasteiger partial charge in [0.25, 0.3) is 5.91 Å². The van der Waals surface area contributed by atoms with E-state index in [0.29, 0.717) is 29.3 Å². The fourth-order valence-electron chi connectivity index (χ4n) is 3.56. The highest BCUT2D eigenvalue weighted by Crippen LogP contribution is 2.27. The Bertz CT molecular complexity index is 1470. The van der Waals surface area contributed by atoms with Crippen LogP contribution in [0.3, 0.4) is 0 Å². The number of amides is 1. The number of benzene rings is 2. The molecule has 0 N–H and O–H groups in total. The van der Waals surface area contributed by atoms with Crippen LogP contribution in [0.2, 0.25) is 0 Å². The van der Waals surface area contributed by atoms with Gasteiger partial charge in [0.15, 0.2) is 4.80 Å². The third kappa shape index (κ3) is 4.70. The minimum atomic E-state index is -3.74. The molecule has 0 radical (unpaired) electrons. The Hall–Kier alpha value is -3.21. The number of ether oxygens (including phenoxy) is 1. The fourth-order valence-corrected chi connectivity index (χ4v) is 5.80. The summed E-state index contributed by atoms with van der Waals surface area (Å²) in [4.78, 5) is 17.9. The third-order valence-corrected chi connectivity index (χ3v) is 8.11. The minimum absolute atomic E-state index is 0.0879. The van der Waals surface area contributed by atoms with Gasteiger partial charge >= 0.3 is 0 Å². The Morgan fingerprint density at radius 1 is 1.12 bits per heavy atom. The number of para-hydroxylation sites is 1. The number of furan rings is 1. The first kappa shape index (κ1) is 23.9. The summed E-state index contributed by atoms with van der Waals surface area (Å²) < 4.78 is 40.8. The van der Waals surface area contributed by atoms with Crippen molar-refractivity contribution in [3.8, 4) is 5.75 Å². The molecule has 10 heteroatoms. The van der Waals surface area contributed by atoms with Gasteiger partial charge < -0.3 is 13.7 Å². The van der Waals surface area contributed by atoms with E-state index < -0.39 is 15.9 Å². The van der Waals surface area contributed by atoms with Crippen molar-refractivity contribution in [2.24, 2.45) is 4.99 Å².